The molecule has 11 rings (SSSR count). The number of anilines is 2. The second-order valence-corrected chi connectivity index (χ2v) is 16.5. The molecule has 3 heteroatoms. The van der Waals surface area contributed by atoms with E-state index in [0.29, 0.717) is 5.92 Å². The van der Waals surface area contributed by atoms with Gasteiger partial charge in [0.05, 0.1) is 0 Å². The minimum atomic E-state index is -0.732. The normalized spacial score (nSPS) is 27.5. The van der Waals surface area contributed by atoms with Crippen molar-refractivity contribution >= 4 is 28.2 Å². The number of fused-ring (bicyclic) bond motifs is 13. The van der Waals surface area contributed by atoms with Crippen LogP contribution in [0.3, 0.4) is 0 Å². The van der Waals surface area contributed by atoms with E-state index < -0.39 is 5.60 Å². The average Bonchev–Trinajstić information content (AvgIpc) is 3.91. The second-order valence-electron chi connectivity index (χ2n) is 16.5. The fraction of sp³-hybridized carbons (Fsp3) is 0.375. The number of piperidine rings is 2. The first-order valence-electron chi connectivity index (χ1n) is 20.0. The molecular formula is C48H48N2O. The van der Waals surface area contributed by atoms with E-state index in [1.807, 2.05) is 0 Å². The fourth-order valence-corrected chi connectivity index (χ4v) is 11.6. The summed E-state index contributed by atoms with van der Waals surface area (Å²) in [7, 11) is 0. The molecule has 3 heterocycles. The van der Waals surface area contributed by atoms with Crippen LogP contribution in [0.4, 0.5) is 11.4 Å². The van der Waals surface area contributed by atoms with Crippen molar-refractivity contribution in [1.29, 1.82) is 0 Å². The molecule has 1 spiro atoms. The Hall–Kier alpha value is -4.50. The molecule has 0 amide bonds. The Morgan fingerprint density at radius 3 is 2.04 bits per heavy atom. The van der Waals surface area contributed by atoms with Crippen LogP contribution in [0.1, 0.15) is 92.0 Å². The maximum Gasteiger partial charge on any atom is 0.178 e. The van der Waals surface area contributed by atoms with Gasteiger partial charge in [-0.15, -0.1) is 0 Å². The van der Waals surface area contributed by atoms with Gasteiger partial charge >= 0.3 is 0 Å². The first-order chi connectivity index (χ1) is 25.2. The summed E-state index contributed by atoms with van der Waals surface area (Å²) in [5, 5.41) is 2.62. The first kappa shape index (κ1) is 30.2. The molecule has 4 fully saturated rings. The third-order valence-corrected chi connectivity index (χ3v) is 13.9. The van der Waals surface area contributed by atoms with E-state index in [4.69, 9.17) is 4.74 Å². The number of benzene rings is 5. The van der Waals surface area contributed by atoms with Gasteiger partial charge < -0.3 is 14.5 Å². The quantitative estimate of drug-likeness (QED) is 0.190. The van der Waals surface area contributed by atoms with Crippen molar-refractivity contribution < 1.29 is 4.74 Å². The Morgan fingerprint density at radius 2 is 1.31 bits per heavy atom. The first-order valence-corrected chi connectivity index (χ1v) is 20.0. The minimum Gasteiger partial charge on any atom is -0.472 e. The van der Waals surface area contributed by atoms with Crippen LogP contribution < -0.4 is 14.5 Å². The van der Waals surface area contributed by atoms with Crippen LogP contribution in [0.15, 0.2) is 103 Å². The van der Waals surface area contributed by atoms with Gasteiger partial charge in [-0.2, -0.15) is 0 Å². The van der Waals surface area contributed by atoms with Gasteiger partial charge in [-0.25, -0.2) is 0 Å². The maximum atomic E-state index is 7.82. The van der Waals surface area contributed by atoms with Gasteiger partial charge in [-0.05, 0) is 128 Å². The van der Waals surface area contributed by atoms with Crippen LogP contribution in [-0.4, -0.2) is 26.2 Å². The Balaban J connectivity index is 1.16. The van der Waals surface area contributed by atoms with E-state index in [-0.39, 0.29) is 5.41 Å². The van der Waals surface area contributed by atoms with Crippen molar-refractivity contribution in [3.8, 4) is 16.9 Å². The fourth-order valence-electron chi connectivity index (χ4n) is 11.6. The molecule has 5 aromatic carbocycles. The van der Waals surface area contributed by atoms with Gasteiger partial charge in [0.2, 0.25) is 0 Å². The highest BCUT2D eigenvalue weighted by Crippen LogP contribution is 2.68. The lowest BCUT2D eigenvalue weighted by Gasteiger charge is -2.41. The summed E-state index contributed by atoms with van der Waals surface area (Å²) in [6.45, 7) is 4.56. The zero-order valence-electron chi connectivity index (χ0n) is 29.7. The number of ether oxygens (including phenoxy) is 1. The molecule has 0 aromatic heterocycles. The number of hydrogen-bond donors (Lipinski definition) is 0. The van der Waals surface area contributed by atoms with Crippen LogP contribution in [0.5, 0.6) is 5.75 Å². The van der Waals surface area contributed by atoms with E-state index in [1.54, 1.807) is 11.1 Å². The molecule has 0 N–H and O–H groups in total. The van der Waals surface area contributed by atoms with Crippen LogP contribution >= 0.6 is 0 Å². The molecule has 3 aliphatic heterocycles. The van der Waals surface area contributed by atoms with Crippen LogP contribution in [0, 0.1) is 11.8 Å². The van der Waals surface area contributed by atoms with Crippen molar-refractivity contribution in [2.24, 2.45) is 11.8 Å². The highest BCUT2D eigenvalue weighted by molar-refractivity contribution is 6.09. The Labute approximate surface area is 302 Å². The highest BCUT2D eigenvalue weighted by Gasteiger charge is 2.58. The summed E-state index contributed by atoms with van der Waals surface area (Å²) in [6.07, 6.45) is 18.0. The zero-order chi connectivity index (χ0) is 33.6. The molecule has 6 aliphatic rings. The van der Waals surface area contributed by atoms with Crippen LogP contribution in [0.25, 0.3) is 28.0 Å². The van der Waals surface area contributed by atoms with Crippen molar-refractivity contribution in [3.63, 3.8) is 0 Å². The maximum absolute atomic E-state index is 7.82. The molecule has 2 saturated heterocycles. The summed E-state index contributed by atoms with van der Waals surface area (Å²) in [5.74, 6) is 2.58. The minimum absolute atomic E-state index is 0.0647. The Bertz CT molecular complexity index is 2170. The van der Waals surface area contributed by atoms with Gasteiger partial charge in [-0.1, -0.05) is 85.3 Å². The highest BCUT2D eigenvalue weighted by atomic mass is 16.5. The van der Waals surface area contributed by atoms with E-state index >= 15 is 0 Å². The van der Waals surface area contributed by atoms with Crippen molar-refractivity contribution in [1.82, 2.24) is 0 Å². The summed E-state index contributed by atoms with van der Waals surface area (Å²) < 4.78 is 7.82. The van der Waals surface area contributed by atoms with Crippen molar-refractivity contribution in [3.05, 3.63) is 131 Å². The molecule has 0 radical (unpaired) electrons. The van der Waals surface area contributed by atoms with Gasteiger partial charge in [0.25, 0.3) is 0 Å². The number of hydrogen-bond acceptors (Lipinski definition) is 3. The Morgan fingerprint density at radius 1 is 0.627 bits per heavy atom. The second kappa shape index (κ2) is 11.5. The summed E-state index contributed by atoms with van der Waals surface area (Å²) >= 11 is 0. The average molecular weight is 669 g/mol. The molecule has 4 atom stereocenters. The van der Waals surface area contributed by atoms with Crippen LogP contribution in [-0.2, 0) is 11.0 Å². The zero-order valence-corrected chi connectivity index (χ0v) is 29.7. The van der Waals surface area contributed by atoms with Gasteiger partial charge in [0.15, 0.2) is 5.60 Å². The third-order valence-electron chi connectivity index (χ3n) is 13.9. The molecule has 2 bridgehead atoms. The van der Waals surface area contributed by atoms with Gasteiger partial charge in [0.1, 0.15) is 5.75 Å². The summed E-state index contributed by atoms with van der Waals surface area (Å²) in [4.78, 5) is 5.16. The van der Waals surface area contributed by atoms with E-state index in [2.05, 4.69) is 119 Å². The predicted molar refractivity (Wildman–Crippen MR) is 211 cm³/mol. The molecule has 5 aromatic rings. The summed E-state index contributed by atoms with van der Waals surface area (Å²) in [6, 6.07) is 37.2. The van der Waals surface area contributed by atoms with E-state index in [0.717, 1.165) is 37.8 Å². The number of rotatable bonds is 4. The summed E-state index contributed by atoms with van der Waals surface area (Å²) in [5.41, 5.74) is 11.8. The van der Waals surface area contributed by atoms with Crippen molar-refractivity contribution in [2.45, 2.75) is 75.2 Å². The van der Waals surface area contributed by atoms with Crippen molar-refractivity contribution in [2.75, 3.05) is 36.0 Å². The lowest BCUT2D eigenvalue weighted by Crippen LogP contribution is -2.36. The van der Waals surface area contributed by atoms with Gasteiger partial charge in [-0.3, -0.25) is 0 Å². The molecule has 2 saturated carbocycles. The SMILES string of the molecule is C1=CC(c2ccccc2)(c2ccc(N3CCCCC3)cc2)Oc2c1c1c(c3ccc(N4CCCCC4)cc23)-c2ccccc2C12CC1CCC2C1. The molecule has 3 nitrogen and oxygen atoms in total. The van der Waals surface area contributed by atoms with Crippen LogP contribution in [0.2, 0.25) is 0 Å². The lowest BCUT2D eigenvalue weighted by atomic mass is 9.65. The van der Waals surface area contributed by atoms with E-state index in [9.17, 15) is 0 Å². The molecule has 256 valence electrons. The standard InChI is InChI=1S/C48H48N2O/c1-4-12-34(13-5-1)48(35-18-20-37(21-19-35)49-26-8-2-9-27-49)25-24-41-45-44(40-14-6-7-15-43(40)47(45)32-33-16-17-36(47)30-33)39-23-22-38(31-42(39)46(41)51-48)50-28-10-3-11-29-50/h1,4-7,12-15,18-25,31,33,36H,2-3,8-11,16-17,26-30,32H2. The molecule has 4 unspecified atom stereocenters. The third kappa shape index (κ3) is 4.36. The smallest absolute Gasteiger partial charge is 0.178 e. The predicted octanol–water partition coefficient (Wildman–Crippen LogP) is 11.3. The number of nitrogens with zero attached hydrogens (tertiary/aromatic N) is 2. The molecular weight excluding hydrogens is 621 g/mol. The van der Waals surface area contributed by atoms with Gasteiger partial charge in [0, 0.05) is 65.0 Å². The lowest BCUT2D eigenvalue weighted by molar-refractivity contribution is 0.163. The monoisotopic (exact) mass is 668 g/mol. The van der Waals surface area contributed by atoms with E-state index in [1.165, 1.54) is 114 Å². The largest absolute Gasteiger partial charge is 0.472 e. The Kier molecular flexibility index (Phi) is 6.80. The molecule has 3 aliphatic carbocycles. The topological polar surface area (TPSA) is 15.7 Å². The molecule has 51 heavy (non-hydrogen) atoms.